The largest absolute Gasteiger partial charge is 0.492 e. The summed E-state index contributed by atoms with van der Waals surface area (Å²) in [6, 6.07) is 7.22. The molecule has 1 amide bonds. The van der Waals surface area contributed by atoms with Crippen LogP contribution in [-0.2, 0) is 9.53 Å². The number of benzene rings is 1. The summed E-state index contributed by atoms with van der Waals surface area (Å²) in [5.74, 6) is 1.02. The van der Waals surface area contributed by atoms with Crippen molar-refractivity contribution in [2.75, 3.05) is 18.5 Å². The van der Waals surface area contributed by atoms with E-state index in [9.17, 15) is 10.1 Å². The highest BCUT2D eigenvalue weighted by Gasteiger charge is 2.34. The summed E-state index contributed by atoms with van der Waals surface area (Å²) in [6.07, 6.45) is 0.618. The van der Waals surface area contributed by atoms with Crippen molar-refractivity contribution in [3.05, 3.63) is 23.8 Å². The summed E-state index contributed by atoms with van der Waals surface area (Å²) < 4.78 is 11.4. The molecule has 1 rings (SSSR count). The monoisotopic (exact) mass is 346 g/mol. The van der Waals surface area contributed by atoms with Crippen molar-refractivity contribution >= 4 is 11.6 Å². The van der Waals surface area contributed by atoms with Gasteiger partial charge in [-0.15, -0.1) is 0 Å². The Bertz CT molecular complexity index is 620. The number of rotatable bonds is 9. The summed E-state index contributed by atoms with van der Waals surface area (Å²) in [7, 11) is 0. The molecule has 1 atom stereocenters. The van der Waals surface area contributed by atoms with E-state index in [1.807, 2.05) is 20.8 Å². The Morgan fingerprint density at radius 3 is 2.48 bits per heavy atom. The van der Waals surface area contributed by atoms with Gasteiger partial charge in [0, 0.05) is 12.3 Å². The molecule has 0 bridgehead atoms. The molecule has 1 N–H and O–H groups in total. The number of ether oxygens (including phenoxy) is 2. The fourth-order valence-corrected chi connectivity index (χ4v) is 2.66. The van der Waals surface area contributed by atoms with Crippen molar-refractivity contribution in [2.24, 2.45) is 11.8 Å². The van der Waals surface area contributed by atoms with Crippen LogP contribution in [0.1, 0.15) is 53.5 Å². The lowest BCUT2D eigenvalue weighted by Gasteiger charge is -2.30. The minimum Gasteiger partial charge on any atom is -0.492 e. The maximum atomic E-state index is 12.7. The first-order chi connectivity index (χ1) is 11.7. The molecule has 25 heavy (non-hydrogen) atoms. The number of nitriles is 1. The summed E-state index contributed by atoms with van der Waals surface area (Å²) >= 11 is 0. The van der Waals surface area contributed by atoms with Crippen LogP contribution in [0.4, 0.5) is 5.69 Å². The van der Waals surface area contributed by atoms with Gasteiger partial charge in [-0.25, -0.2) is 0 Å². The molecule has 0 saturated heterocycles. The lowest BCUT2D eigenvalue weighted by Crippen LogP contribution is -2.44. The highest BCUT2D eigenvalue weighted by atomic mass is 16.5. The number of nitrogens with zero attached hydrogens (tertiary/aromatic N) is 1. The first-order valence-corrected chi connectivity index (χ1v) is 8.84. The van der Waals surface area contributed by atoms with Gasteiger partial charge < -0.3 is 14.8 Å². The Morgan fingerprint density at radius 2 is 1.96 bits per heavy atom. The number of carbonyl (C=O) groups is 1. The molecule has 1 aromatic carbocycles. The molecule has 0 aromatic heterocycles. The van der Waals surface area contributed by atoms with E-state index >= 15 is 0 Å². The molecule has 0 fully saturated rings. The fraction of sp³-hybridized carbons (Fsp3) is 0.600. The van der Waals surface area contributed by atoms with E-state index in [-0.39, 0.29) is 5.91 Å². The van der Waals surface area contributed by atoms with Crippen LogP contribution in [0.5, 0.6) is 5.75 Å². The molecule has 0 spiro atoms. The predicted octanol–water partition coefficient (Wildman–Crippen LogP) is 4.37. The molecule has 0 saturated carbocycles. The molecular formula is C20H30N2O3. The van der Waals surface area contributed by atoms with Gasteiger partial charge in [-0.05, 0) is 50.3 Å². The van der Waals surface area contributed by atoms with Gasteiger partial charge in [-0.2, -0.15) is 5.26 Å². The standard InChI is InChI=1S/C20H30N2O3/c1-7-25-20(6,11-14(2)3)19(23)22-17-8-9-18(16(10-17)12-21)24-13-15(4)5/h8-10,14-15H,7,11,13H2,1-6H3,(H,22,23)/t20-/m0/s1. The minimum absolute atomic E-state index is 0.206. The zero-order valence-electron chi connectivity index (χ0n) is 16.2. The van der Waals surface area contributed by atoms with E-state index in [1.165, 1.54) is 0 Å². The van der Waals surface area contributed by atoms with Crippen LogP contribution in [0.3, 0.4) is 0 Å². The van der Waals surface area contributed by atoms with Crippen molar-refractivity contribution in [3.63, 3.8) is 0 Å². The zero-order chi connectivity index (χ0) is 19.0. The van der Waals surface area contributed by atoms with Gasteiger partial charge in [0.1, 0.15) is 17.4 Å². The van der Waals surface area contributed by atoms with Gasteiger partial charge in [0.2, 0.25) is 0 Å². The van der Waals surface area contributed by atoms with E-state index in [0.717, 1.165) is 0 Å². The number of amides is 1. The number of carbonyl (C=O) groups excluding carboxylic acids is 1. The second kappa shape index (κ2) is 9.43. The molecule has 0 aliphatic rings. The third-order valence-electron chi connectivity index (χ3n) is 3.67. The number of nitrogens with one attached hydrogen (secondary N) is 1. The molecule has 0 aliphatic carbocycles. The van der Waals surface area contributed by atoms with Gasteiger partial charge >= 0.3 is 0 Å². The van der Waals surface area contributed by atoms with Crippen molar-refractivity contribution < 1.29 is 14.3 Å². The molecule has 5 heteroatoms. The van der Waals surface area contributed by atoms with Crippen LogP contribution in [0.15, 0.2) is 18.2 Å². The topological polar surface area (TPSA) is 71.3 Å². The third-order valence-corrected chi connectivity index (χ3v) is 3.67. The second-order valence-electron chi connectivity index (χ2n) is 7.24. The smallest absolute Gasteiger partial charge is 0.256 e. The van der Waals surface area contributed by atoms with Gasteiger partial charge in [0.15, 0.2) is 0 Å². The number of hydrogen-bond acceptors (Lipinski definition) is 4. The number of anilines is 1. The average molecular weight is 346 g/mol. The number of hydrogen-bond donors (Lipinski definition) is 1. The Hall–Kier alpha value is -2.06. The van der Waals surface area contributed by atoms with Crippen LogP contribution >= 0.6 is 0 Å². The van der Waals surface area contributed by atoms with E-state index in [2.05, 4.69) is 25.2 Å². The van der Waals surface area contributed by atoms with Gasteiger partial charge in [-0.1, -0.05) is 27.7 Å². The summed E-state index contributed by atoms with van der Waals surface area (Å²) in [4.78, 5) is 12.7. The van der Waals surface area contributed by atoms with Gasteiger partial charge in [0.05, 0.1) is 12.2 Å². The quantitative estimate of drug-likeness (QED) is 0.720. The van der Waals surface area contributed by atoms with Gasteiger partial charge in [0.25, 0.3) is 5.91 Å². The molecule has 0 aliphatic heterocycles. The fourth-order valence-electron chi connectivity index (χ4n) is 2.66. The van der Waals surface area contributed by atoms with E-state index in [4.69, 9.17) is 9.47 Å². The van der Waals surface area contributed by atoms with Crippen LogP contribution in [-0.4, -0.2) is 24.7 Å². The maximum Gasteiger partial charge on any atom is 0.256 e. The molecular weight excluding hydrogens is 316 g/mol. The first-order valence-electron chi connectivity index (χ1n) is 8.84. The van der Waals surface area contributed by atoms with Crippen LogP contribution in [0.25, 0.3) is 0 Å². The minimum atomic E-state index is -0.900. The molecule has 1 aromatic rings. The third kappa shape index (κ3) is 6.39. The molecule has 0 heterocycles. The Kier molecular flexibility index (Phi) is 7.92. The molecule has 0 radical (unpaired) electrons. The van der Waals surface area contributed by atoms with Crippen molar-refractivity contribution in [2.45, 2.75) is 53.6 Å². The highest BCUT2D eigenvalue weighted by molar-refractivity contribution is 5.97. The Morgan fingerprint density at radius 1 is 1.28 bits per heavy atom. The normalized spacial score (nSPS) is 13.4. The van der Waals surface area contributed by atoms with Crippen molar-refractivity contribution in [1.82, 2.24) is 0 Å². The molecule has 0 unspecified atom stereocenters. The first kappa shape index (κ1) is 21.0. The van der Waals surface area contributed by atoms with Crippen molar-refractivity contribution in [1.29, 1.82) is 5.26 Å². The average Bonchev–Trinajstić information content (AvgIpc) is 2.52. The summed E-state index contributed by atoms with van der Waals surface area (Å²) in [5.41, 5.74) is 0.0660. The second-order valence-corrected chi connectivity index (χ2v) is 7.24. The summed E-state index contributed by atoms with van der Waals surface area (Å²) in [5, 5.41) is 12.2. The van der Waals surface area contributed by atoms with Crippen LogP contribution in [0, 0.1) is 23.2 Å². The van der Waals surface area contributed by atoms with E-state index in [1.54, 1.807) is 25.1 Å². The lowest BCUT2D eigenvalue weighted by molar-refractivity contribution is -0.140. The Balaban J connectivity index is 2.94. The highest BCUT2D eigenvalue weighted by Crippen LogP contribution is 2.26. The van der Waals surface area contributed by atoms with E-state index in [0.29, 0.717) is 48.5 Å². The van der Waals surface area contributed by atoms with Crippen LogP contribution in [0.2, 0.25) is 0 Å². The van der Waals surface area contributed by atoms with E-state index < -0.39 is 5.60 Å². The predicted molar refractivity (Wildman–Crippen MR) is 99.6 cm³/mol. The van der Waals surface area contributed by atoms with Gasteiger partial charge in [-0.3, -0.25) is 4.79 Å². The van der Waals surface area contributed by atoms with Crippen molar-refractivity contribution in [3.8, 4) is 11.8 Å². The SMILES string of the molecule is CCO[C@@](C)(CC(C)C)C(=O)Nc1ccc(OCC(C)C)c(C#N)c1. The maximum absolute atomic E-state index is 12.7. The van der Waals surface area contributed by atoms with Crippen LogP contribution < -0.4 is 10.1 Å². The zero-order valence-corrected chi connectivity index (χ0v) is 16.2. The molecule has 138 valence electrons. The Labute approximate surface area is 151 Å². The molecule has 5 nitrogen and oxygen atoms in total. The summed E-state index contributed by atoms with van der Waals surface area (Å²) in [6.45, 7) is 12.9. The lowest BCUT2D eigenvalue weighted by atomic mass is 9.93.